The summed E-state index contributed by atoms with van der Waals surface area (Å²) < 4.78 is 1.66. The number of amides is 1. The van der Waals surface area contributed by atoms with Gasteiger partial charge in [-0.3, -0.25) is 4.79 Å². The van der Waals surface area contributed by atoms with E-state index in [9.17, 15) is 9.90 Å². The second kappa shape index (κ2) is 5.70. The molecular weight excluding hydrogens is 342 g/mol. The molecule has 0 aliphatic carbocycles. The maximum atomic E-state index is 12.4. The number of hydrogen-bond donors (Lipinski definition) is 3. The van der Waals surface area contributed by atoms with Gasteiger partial charge in [-0.25, -0.2) is 4.98 Å². The van der Waals surface area contributed by atoms with E-state index in [1.54, 1.807) is 16.8 Å². The van der Waals surface area contributed by atoms with Gasteiger partial charge in [0.2, 0.25) is 11.9 Å². The number of para-hydroxylation sites is 2. The Morgan fingerprint density at radius 3 is 2.70 bits per heavy atom. The summed E-state index contributed by atoms with van der Waals surface area (Å²) in [7, 11) is 0. The number of nitrogens with zero attached hydrogens (tertiary/aromatic N) is 3. The number of phenolic OH excluding ortho intramolecular Hbond substituents is 1. The van der Waals surface area contributed by atoms with Gasteiger partial charge in [-0.1, -0.05) is 24.3 Å². The summed E-state index contributed by atoms with van der Waals surface area (Å²) in [6.07, 6.45) is 0.338. The third-order valence-corrected chi connectivity index (χ3v) is 4.98. The molecule has 4 aromatic rings. The Kier molecular flexibility index (Phi) is 3.30. The Labute approximate surface area is 154 Å². The first-order valence-electron chi connectivity index (χ1n) is 8.73. The van der Waals surface area contributed by atoms with E-state index in [0.717, 1.165) is 27.9 Å². The van der Waals surface area contributed by atoms with Crippen LogP contribution in [0.15, 0.2) is 48.5 Å². The molecule has 3 heterocycles. The van der Waals surface area contributed by atoms with Gasteiger partial charge in [-0.2, -0.15) is 9.78 Å². The van der Waals surface area contributed by atoms with Gasteiger partial charge in [-0.05, 0) is 36.8 Å². The molecule has 1 aliphatic rings. The number of rotatable bonds is 2. The minimum atomic E-state index is -0.118. The molecule has 0 spiro atoms. The van der Waals surface area contributed by atoms with Crippen LogP contribution in [0.1, 0.15) is 29.2 Å². The van der Waals surface area contributed by atoms with Crippen molar-refractivity contribution in [2.24, 2.45) is 0 Å². The Balaban J connectivity index is 1.67. The molecule has 1 atom stereocenters. The molecule has 7 heteroatoms. The van der Waals surface area contributed by atoms with Crippen molar-refractivity contribution in [3.63, 3.8) is 0 Å². The fraction of sp³-hybridized carbons (Fsp3) is 0.150. The summed E-state index contributed by atoms with van der Waals surface area (Å²) in [5.74, 6) is 1.22. The molecule has 5 rings (SSSR count). The van der Waals surface area contributed by atoms with Gasteiger partial charge in [-0.15, -0.1) is 0 Å². The Hall–Kier alpha value is -3.61. The summed E-state index contributed by atoms with van der Waals surface area (Å²) in [4.78, 5) is 20.3. The Morgan fingerprint density at radius 1 is 1.15 bits per heavy atom. The molecule has 7 nitrogen and oxygen atoms in total. The molecule has 0 saturated carbocycles. The predicted octanol–water partition coefficient (Wildman–Crippen LogP) is 3.24. The lowest BCUT2D eigenvalue weighted by Gasteiger charge is -2.24. The normalized spacial score (nSPS) is 16.3. The lowest BCUT2D eigenvalue weighted by molar-refractivity contribution is -0.116. The summed E-state index contributed by atoms with van der Waals surface area (Å²) in [5.41, 5.74) is 4.53. The van der Waals surface area contributed by atoms with E-state index in [1.807, 2.05) is 43.3 Å². The van der Waals surface area contributed by atoms with Gasteiger partial charge in [0.1, 0.15) is 11.6 Å². The van der Waals surface area contributed by atoms with E-state index >= 15 is 0 Å². The molecule has 1 aliphatic heterocycles. The molecule has 0 fully saturated rings. The summed E-state index contributed by atoms with van der Waals surface area (Å²) in [6.45, 7) is 1.93. The molecule has 134 valence electrons. The molecular formula is C20H17N5O2. The summed E-state index contributed by atoms with van der Waals surface area (Å²) >= 11 is 0. The minimum Gasteiger partial charge on any atom is -0.508 e. The van der Waals surface area contributed by atoms with E-state index in [-0.39, 0.29) is 17.6 Å². The van der Waals surface area contributed by atoms with Crippen LogP contribution >= 0.6 is 0 Å². The largest absolute Gasteiger partial charge is 0.508 e. The number of aromatic hydroxyl groups is 1. The molecule has 2 aromatic carbocycles. The van der Waals surface area contributed by atoms with Crippen molar-refractivity contribution in [1.29, 1.82) is 0 Å². The number of anilines is 1. The highest BCUT2D eigenvalue weighted by molar-refractivity contribution is 5.95. The minimum absolute atomic E-state index is 0.0714. The van der Waals surface area contributed by atoms with Crippen molar-refractivity contribution in [3.05, 3.63) is 65.4 Å². The molecule has 1 amide bonds. The van der Waals surface area contributed by atoms with Crippen molar-refractivity contribution in [2.75, 3.05) is 5.32 Å². The number of aromatic nitrogens is 4. The maximum Gasteiger partial charge on any atom is 0.231 e. The topological polar surface area (TPSA) is 95.8 Å². The van der Waals surface area contributed by atoms with Crippen LogP contribution in [-0.2, 0) is 4.79 Å². The van der Waals surface area contributed by atoms with Crippen LogP contribution in [0.5, 0.6) is 5.75 Å². The number of imidazole rings is 1. The lowest BCUT2D eigenvalue weighted by atomic mass is 9.86. The zero-order chi connectivity index (χ0) is 18.5. The van der Waals surface area contributed by atoms with Gasteiger partial charge >= 0.3 is 0 Å². The van der Waals surface area contributed by atoms with E-state index in [0.29, 0.717) is 18.2 Å². The molecule has 0 saturated heterocycles. The van der Waals surface area contributed by atoms with Crippen molar-refractivity contribution in [3.8, 4) is 11.7 Å². The number of phenols is 1. The quantitative estimate of drug-likeness (QED) is 0.512. The van der Waals surface area contributed by atoms with Crippen molar-refractivity contribution < 1.29 is 9.90 Å². The Bertz CT molecular complexity index is 1140. The van der Waals surface area contributed by atoms with Crippen LogP contribution in [0.3, 0.4) is 0 Å². The second-order valence-electron chi connectivity index (χ2n) is 6.73. The van der Waals surface area contributed by atoms with Crippen LogP contribution < -0.4 is 5.32 Å². The van der Waals surface area contributed by atoms with Crippen LogP contribution in [0, 0.1) is 6.92 Å². The van der Waals surface area contributed by atoms with Gasteiger partial charge < -0.3 is 15.4 Å². The number of H-pyrrole nitrogens is 1. The maximum absolute atomic E-state index is 12.4. The highest BCUT2D eigenvalue weighted by atomic mass is 16.3. The van der Waals surface area contributed by atoms with Gasteiger partial charge in [0, 0.05) is 17.9 Å². The third kappa shape index (κ3) is 2.47. The zero-order valence-corrected chi connectivity index (χ0v) is 14.6. The highest BCUT2D eigenvalue weighted by Gasteiger charge is 2.33. The second-order valence-corrected chi connectivity index (χ2v) is 6.73. The SMILES string of the molecule is Cc1nn(-c2nc3ccccc3[nH]2)c2c1[C@H](c1ccc(O)cc1)CC(=O)N2. The van der Waals surface area contributed by atoms with Gasteiger partial charge in [0.05, 0.1) is 16.7 Å². The third-order valence-electron chi connectivity index (χ3n) is 4.98. The molecule has 0 radical (unpaired) electrons. The first kappa shape index (κ1) is 15.6. The van der Waals surface area contributed by atoms with Crippen molar-refractivity contribution in [1.82, 2.24) is 19.7 Å². The standard InChI is InChI=1S/C20H17N5O2/c1-11-18-14(12-6-8-13(26)9-7-12)10-17(27)23-19(18)25(24-11)20-21-15-4-2-3-5-16(15)22-20/h2-9,14,26H,10H2,1H3,(H,21,22)(H,23,27)/t14-/m0/s1. The number of hydrogen-bond acceptors (Lipinski definition) is 4. The van der Waals surface area contributed by atoms with E-state index < -0.39 is 0 Å². The zero-order valence-electron chi connectivity index (χ0n) is 14.6. The number of carbonyl (C=O) groups excluding carboxylic acids is 1. The molecule has 2 aromatic heterocycles. The summed E-state index contributed by atoms with van der Waals surface area (Å²) in [6, 6.07) is 14.7. The molecule has 0 unspecified atom stereocenters. The monoisotopic (exact) mass is 359 g/mol. The van der Waals surface area contributed by atoms with Crippen LogP contribution in [0.25, 0.3) is 17.0 Å². The van der Waals surface area contributed by atoms with Gasteiger partial charge in [0.25, 0.3) is 0 Å². The van der Waals surface area contributed by atoms with Crippen molar-refractivity contribution >= 4 is 22.8 Å². The van der Waals surface area contributed by atoms with Crippen LogP contribution in [-0.4, -0.2) is 30.8 Å². The van der Waals surface area contributed by atoms with E-state index in [1.165, 1.54) is 0 Å². The fourth-order valence-electron chi connectivity index (χ4n) is 3.73. The van der Waals surface area contributed by atoms with Crippen LogP contribution in [0.4, 0.5) is 5.82 Å². The van der Waals surface area contributed by atoms with E-state index in [2.05, 4.69) is 20.4 Å². The van der Waals surface area contributed by atoms with Gasteiger partial charge in [0.15, 0.2) is 0 Å². The average molecular weight is 359 g/mol. The number of aryl methyl sites for hydroxylation is 1. The average Bonchev–Trinajstić information content (AvgIpc) is 3.23. The fourth-order valence-corrected chi connectivity index (χ4v) is 3.73. The molecule has 27 heavy (non-hydrogen) atoms. The summed E-state index contributed by atoms with van der Waals surface area (Å²) in [5, 5.41) is 17.2. The molecule has 3 N–H and O–H groups in total. The Morgan fingerprint density at radius 2 is 1.93 bits per heavy atom. The number of fused-ring (bicyclic) bond motifs is 2. The smallest absolute Gasteiger partial charge is 0.231 e. The predicted molar refractivity (Wildman–Crippen MR) is 101 cm³/mol. The van der Waals surface area contributed by atoms with E-state index in [4.69, 9.17) is 0 Å². The number of nitrogens with one attached hydrogen (secondary N) is 2. The van der Waals surface area contributed by atoms with Crippen molar-refractivity contribution in [2.45, 2.75) is 19.3 Å². The molecule has 0 bridgehead atoms. The number of carbonyl (C=O) groups is 1. The number of aromatic amines is 1. The first-order valence-corrected chi connectivity index (χ1v) is 8.73. The number of benzene rings is 2. The lowest BCUT2D eigenvalue weighted by Crippen LogP contribution is -2.25. The van der Waals surface area contributed by atoms with Crippen LogP contribution in [0.2, 0.25) is 0 Å². The first-order chi connectivity index (χ1) is 13.1. The highest BCUT2D eigenvalue weighted by Crippen LogP contribution is 2.40.